The van der Waals surface area contributed by atoms with Crippen LogP contribution in [-0.4, -0.2) is 29.9 Å². The molecule has 3 heteroatoms. The van der Waals surface area contributed by atoms with Crippen molar-refractivity contribution in [1.29, 1.82) is 0 Å². The standard InChI is InChI=1S/C8H13N2O/c9-8(11)5-10-2-1-6-3-7(10)4-6/h3,6-7H,1-2,4-5H2,(H2,9,11). The molecule has 11 heavy (non-hydrogen) atoms. The molecule has 2 atom stereocenters. The number of rotatable bonds is 2. The van der Waals surface area contributed by atoms with Gasteiger partial charge in [0, 0.05) is 6.04 Å². The summed E-state index contributed by atoms with van der Waals surface area (Å²) >= 11 is 0. The van der Waals surface area contributed by atoms with E-state index in [1.54, 1.807) is 0 Å². The zero-order chi connectivity index (χ0) is 7.84. The van der Waals surface area contributed by atoms with Gasteiger partial charge < -0.3 is 5.73 Å². The number of carbonyl (C=O) groups is 1. The van der Waals surface area contributed by atoms with Gasteiger partial charge in [-0.25, -0.2) is 0 Å². The Bertz CT molecular complexity index is 172. The molecule has 2 saturated heterocycles. The van der Waals surface area contributed by atoms with Crippen LogP contribution in [0.1, 0.15) is 12.8 Å². The molecule has 0 aromatic heterocycles. The summed E-state index contributed by atoms with van der Waals surface area (Å²) in [6.45, 7) is 1.49. The van der Waals surface area contributed by atoms with Gasteiger partial charge in [-0.2, -0.15) is 0 Å². The van der Waals surface area contributed by atoms with E-state index >= 15 is 0 Å². The number of nitrogens with zero attached hydrogens (tertiary/aromatic N) is 1. The summed E-state index contributed by atoms with van der Waals surface area (Å²) in [5.74, 6) is 0.632. The van der Waals surface area contributed by atoms with Crippen molar-refractivity contribution in [2.24, 2.45) is 11.7 Å². The Morgan fingerprint density at radius 1 is 1.73 bits per heavy atom. The third-order valence-corrected chi connectivity index (χ3v) is 2.65. The van der Waals surface area contributed by atoms with Crippen LogP contribution in [0, 0.1) is 12.3 Å². The largest absolute Gasteiger partial charge is 0.369 e. The number of hydrogen-bond donors (Lipinski definition) is 1. The van der Waals surface area contributed by atoms with Crippen LogP contribution < -0.4 is 5.73 Å². The summed E-state index contributed by atoms with van der Waals surface area (Å²) < 4.78 is 0. The van der Waals surface area contributed by atoms with Gasteiger partial charge in [-0.15, -0.1) is 0 Å². The maximum Gasteiger partial charge on any atom is 0.231 e. The SMILES string of the molecule is NC(=O)CN1CCC2[CH]C1C2. The van der Waals surface area contributed by atoms with Gasteiger partial charge >= 0.3 is 0 Å². The topological polar surface area (TPSA) is 46.3 Å². The van der Waals surface area contributed by atoms with E-state index in [2.05, 4.69) is 11.3 Å². The van der Waals surface area contributed by atoms with E-state index in [9.17, 15) is 4.79 Å². The van der Waals surface area contributed by atoms with E-state index in [4.69, 9.17) is 5.73 Å². The van der Waals surface area contributed by atoms with Crippen LogP contribution >= 0.6 is 0 Å². The highest BCUT2D eigenvalue weighted by atomic mass is 16.1. The van der Waals surface area contributed by atoms with Crippen molar-refractivity contribution >= 4 is 5.91 Å². The van der Waals surface area contributed by atoms with Crippen molar-refractivity contribution in [3.63, 3.8) is 0 Å². The molecule has 2 N–H and O–H groups in total. The second kappa shape index (κ2) is 2.48. The molecular formula is C8H13N2O. The van der Waals surface area contributed by atoms with E-state index in [1.165, 1.54) is 12.8 Å². The third kappa shape index (κ3) is 1.25. The first kappa shape index (κ1) is 7.10. The van der Waals surface area contributed by atoms with Crippen LogP contribution in [0.4, 0.5) is 0 Å². The first-order chi connectivity index (χ1) is 5.25. The lowest BCUT2D eigenvalue weighted by Crippen LogP contribution is -2.54. The van der Waals surface area contributed by atoms with E-state index in [0.29, 0.717) is 12.6 Å². The summed E-state index contributed by atoms with van der Waals surface area (Å²) in [6, 6.07) is 0.557. The quantitative estimate of drug-likeness (QED) is 0.595. The zero-order valence-electron chi connectivity index (χ0n) is 6.49. The van der Waals surface area contributed by atoms with Gasteiger partial charge in [0.1, 0.15) is 0 Å². The van der Waals surface area contributed by atoms with E-state index < -0.39 is 0 Å². The summed E-state index contributed by atoms with van der Waals surface area (Å²) in [7, 11) is 0. The molecule has 3 rings (SSSR count). The minimum atomic E-state index is -0.205. The Labute approximate surface area is 66.5 Å². The fourth-order valence-electron chi connectivity index (χ4n) is 1.96. The fourth-order valence-corrected chi connectivity index (χ4v) is 1.96. The van der Waals surface area contributed by atoms with Gasteiger partial charge in [-0.1, -0.05) is 0 Å². The Balaban J connectivity index is 1.88. The highest BCUT2D eigenvalue weighted by Gasteiger charge is 2.38. The highest BCUT2D eigenvalue weighted by Crippen LogP contribution is 2.37. The predicted molar refractivity (Wildman–Crippen MR) is 41.6 cm³/mol. The van der Waals surface area contributed by atoms with Gasteiger partial charge in [0.2, 0.25) is 5.91 Å². The summed E-state index contributed by atoms with van der Waals surface area (Å²) in [6.07, 6.45) is 4.78. The monoisotopic (exact) mass is 153 g/mol. The van der Waals surface area contributed by atoms with Gasteiger partial charge in [0.15, 0.2) is 0 Å². The van der Waals surface area contributed by atoms with Crippen LogP contribution in [0.5, 0.6) is 0 Å². The molecule has 2 bridgehead atoms. The third-order valence-electron chi connectivity index (χ3n) is 2.65. The molecule has 61 valence electrons. The number of nitrogens with two attached hydrogens (primary N) is 1. The Morgan fingerprint density at radius 2 is 2.45 bits per heavy atom. The lowest BCUT2D eigenvalue weighted by molar-refractivity contribution is -0.120. The first-order valence-electron chi connectivity index (χ1n) is 4.13. The van der Waals surface area contributed by atoms with Gasteiger partial charge in [-0.3, -0.25) is 9.69 Å². The molecule has 0 aromatic carbocycles. The molecule has 2 aliphatic heterocycles. The summed E-state index contributed by atoms with van der Waals surface area (Å²) in [5.41, 5.74) is 5.11. The zero-order valence-corrected chi connectivity index (χ0v) is 6.49. The highest BCUT2D eigenvalue weighted by molar-refractivity contribution is 5.76. The maximum absolute atomic E-state index is 10.6. The molecule has 0 aromatic rings. The van der Waals surface area contributed by atoms with E-state index in [0.717, 1.165) is 12.5 Å². The van der Waals surface area contributed by atoms with Crippen LogP contribution in [0.2, 0.25) is 0 Å². The van der Waals surface area contributed by atoms with Crippen molar-refractivity contribution in [2.45, 2.75) is 18.9 Å². The second-order valence-electron chi connectivity index (χ2n) is 3.48. The normalized spacial score (nSPS) is 36.4. The van der Waals surface area contributed by atoms with E-state index in [1.807, 2.05) is 0 Å². The molecule has 1 saturated carbocycles. The predicted octanol–water partition coefficient (Wildman–Crippen LogP) is -0.230. The van der Waals surface area contributed by atoms with Crippen LogP contribution in [0.25, 0.3) is 0 Å². The van der Waals surface area contributed by atoms with Crippen molar-refractivity contribution in [3.8, 4) is 0 Å². The molecule has 0 spiro atoms. The first-order valence-corrected chi connectivity index (χ1v) is 4.13. The lowest BCUT2D eigenvalue weighted by atomic mass is 9.73. The maximum atomic E-state index is 10.6. The summed E-state index contributed by atoms with van der Waals surface area (Å²) in [5, 5.41) is 0. The van der Waals surface area contributed by atoms with Gasteiger partial charge in [-0.05, 0) is 31.7 Å². The van der Waals surface area contributed by atoms with Crippen LogP contribution in [0.3, 0.4) is 0 Å². The van der Waals surface area contributed by atoms with Crippen molar-refractivity contribution in [2.75, 3.05) is 13.1 Å². The average Bonchev–Trinajstić information content (AvgIpc) is 1.83. The average molecular weight is 153 g/mol. The molecular weight excluding hydrogens is 140 g/mol. The van der Waals surface area contributed by atoms with Crippen LogP contribution in [0.15, 0.2) is 0 Å². The van der Waals surface area contributed by atoms with E-state index in [-0.39, 0.29) is 5.91 Å². The molecule has 3 aliphatic rings. The Kier molecular flexibility index (Phi) is 1.60. The minimum absolute atomic E-state index is 0.205. The van der Waals surface area contributed by atoms with Crippen molar-refractivity contribution in [3.05, 3.63) is 6.42 Å². The molecule has 1 aliphatic carbocycles. The second-order valence-corrected chi connectivity index (χ2v) is 3.48. The number of primary amides is 1. The van der Waals surface area contributed by atoms with Crippen molar-refractivity contribution < 1.29 is 4.79 Å². The molecule has 3 fully saturated rings. The van der Waals surface area contributed by atoms with Gasteiger partial charge in [0.05, 0.1) is 6.54 Å². The molecule has 2 heterocycles. The molecule has 2 unspecified atom stereocenters. The number of amides is 1. The molecule has 1 amide bonds. The lowest BCUT2D eigenvalue weighted by Gasteiger charge is -2.48. The minimum Gasteiger partial charge on any atom is -0.369 e. The number of fused-ring (bicyclic) bond motifs is 2. The number of piperidine rings is 2. The molecule has 3 nitrogen and oxygen atoms in total. The number of carbonyl (C=O) groups excluding carboxylic acids is 1. The van der Waals surface area contributed by atoms with Gasteiger partial charge in [0.25, 0.3) is 0 Å². The molecule has 1 radical (unpaired) electrons. The Morgan fingerprint density at radius 3 is 2.91 bits per heavy atom. The van der Waals surface area contributed by atoms with Crippen LogP contribution in [-0.2, 0) is 4.79 Å². The summed E-state index contributed by atoms with van der Waals surface area (Å²) in [4.78, 5) is 12.8. The fraction of sp³-hybridized carbons (Fsp3) is 0.750. The number of hydrogen-bond acceptors (Lipinski definition) is 2. The smallest absolute Gasteiger partial charge is 0.231 e. The van der Waals surface area contributed by atoms with Crippen molar-refractivity contribution in [1.82, 2.24) is 4.90 Å². The Hall–Kier alpha value is -0.570.